The Bertz CT molecular complexity index is 327. The van der Waals surface area contributed by atoms with Gasteiger partial charge in [0.05, 0.1) is 3.57 Å². The zero-order chi connectivity index (χ0) is 9.84. The monoisotopic (exact) mass is 296 g/mol. The highest BCUT2D eigenvalue weighted by Crippen LogP contribution is 2.22. The first-order valence-electron chi connectivity index (χ1n) is 3.40. The van der Waals surface area contributed by atoms with Gasteiger partial charge >= 0.3 is 5.97 Å². The van der Waals surface area contributed by atoms with E-state index in [0.717, 1.165) is 0 Å². The molecule has 3 nitrogen and oxygen atoms in total. The van der Waals surface area contributed by atoms with E-state index in [-0.39, 0.29) is 5.75 Å². The Labute approximate surface area is 87.7 Å². The minimum atomic E-state index is -1.08. The highest BCUT2D eigenvalue weighted by molar-refractivity contribution is 14.1. The van der Waals surface area contributed by atoms with Crippen LogP contribution in [-0.4, -0.2) is 17.7 Å². The van der Waals surface area contributed by atoms with Crippen molar-refractivity contribution in [2.45, 2.75) is 0 Å². The van der Waals surface area contributed by atoms with Crippen LogP contribution in [0.2, 0.25) is 0 Å². The zero-order valence-corrected chi connectivity index (χ0v) is 8.62. The molecule has 5 heteroatoms. The number of rotatable bonds is 3. The predicted molar refractivity (Wildman–Crippen MR) is 52.2 cm³/mol. The number of halogens is 2. The minimum Gasteiger partial charge on any atom is -0.481 e. The highest BCUT2D eigenvalue weighted by Gasteiger charge is 2.07. The molecule has 13 heavy (non-hydrogen) atoms. The van der Waals surface area contributed by atoms with E-state index in [0.29, 0.717) is 3.57 Å². The van der Waals surface area contributed by atoms with Crippen molar-refractivity contribution in [2.24, 2.45) is 0 Å². The van der Waals surface area contributed by atoms with Crippen LogP contribution in [0.25, 0.3) is 0 Å². The zero-order valence-electron chi connectivity index (χ0n) is 6.46. The van der Waals surface area contributed by atoms with Gasteiger partial charge in [-0.25, -0.2) is 9.18 Å². The predicted octanol–water partition coefficient (Wildman–Crippen LogP) is 1.89. The summed E-state index contributed by atoms with van der Waals surface area (Å²) in [6.07, 6.45) is 0. The van der Waals surface area contributed by atoms with Crippen molar-refractivity contribution in [2.75, 3.05) is 6.61 Å². The van der Waals surface area contributed by atoms with Crippen molar-refractivity contribution in [1.29, 1.82) is 0 Å². The maximum absolute atomic E-state index is 12.9. The molecule has 1 aromatic rings. The van der Waals surface area contributed by atoms with Crippen LogP contribution in [0.1, 0.15) is 0 Å². The quantitative estimate of drug-likeness (QED) is 0.867. The lowest BCUT2D eigenvalue weighted by atomic mass is 10.3. The molecule has 0 saturated carbocycles. The Balaban J connectivity index is 2.77. The number of hydrogen-bond acceptors (Lipinski definition) is 2. The average Bonchev–Trinajstić information content (AvgIpc) is 2.07. The first-order chi connectivity index (χ1) is 6.11. The maximum atomic E-state index is 12.9. The lowest BCUT2D eigenvalue weighted by molar-refractivity contribution is -0.139. The van der Waals surface area contributed by atoms with Gasteiger partial charge in [-0.2, -0.15) is 0 Å². The van der Waals surface area contributed by atoms with Crippen LogP contribution in [0.5, 0.6) is 5.75 Å². The molecule has 0 aliphatic rings. The number of benzene rings is 1. The third kappa shape index (κ3) is 2.83. The molecule has 70 valence electrons. The normalized spacial score (nSPS) is 9.69. The van der Waals surface area contributed by atoms with Crippen LogP contribution in [0.15, 0.2) is 18.2 Å². The Kier molecular flexibility index (Phi) is 3.47. The highest BCUT2D eigenvalue weighted by atomic mass is 127. The van der Waals surface area contributed by atoms with E-state index < -0.39 is 18.4 Å². The molecule has 0 amide bonds. The summed E-state index contributed by atoms with van der Waals surface area (Å²) in [5, 5.41) is 8.31. The van der Waals surface area contributed by atoms with E-state index in [2.05, 4.69) is 0 Å². The fraction of sp³-hybridized carbons (Fsp3) is 0.125. The van der Waals surface area contributed by atoms with E-state index in [1.54, 1.807) is 22.6 Å². The summed E-state index contributed by atoms with van der Waals surface area (Å²) in [6, 6.07) is 4.28. The number of ether oxygens (including phenoxy) is 1. The topological polar surface area (TPSA) is 46.5 Å². The van der Waals surface area contributed by atoms with Crippen LogP contribution in [-0.2, 0) is 4.79 Å². The molecule has 0 aromatic heterocycles. The second-order valence-electron chi connectivity index (χ2n) is 2.23. The summed E-state index contributed by atoms with van der Waals surface area (Å²) in [7, 11) is 0. The van der Waals surface area contributed by atoms with Gasteiger partial charge in [0.2, 0.25) is 0 Å². The summed E-state index contributed by atoms with van der Waals surface area (Å²) >= 11 is 1.76. The van der Waals surface area contributed by atoms with Crippen molar-refractivity contribution < 1.29 is 19.0 Å². The van der Waals surface area contributed by atoms with E-state index in [1.165, 1.54) is 18.2 Å². The molecule has 0 unspecified atom stereocenters. The van der Waals surface area contributed by atoms with E-state index in [1.807, 2.05) is 0 Å². The number of carboxylic acids is 1. The van der Waals surface area contributed by atoms with Crippen molar-refractivity contribution in [3.63, 3.8) is 0 Å². The van der Waals surface area contributed by atoms with Crippen molar-refractivity contribution >= 4 is 28.6 Å². The van der Waals surface area contributed by atoms with Crippen LogP contribution in [0.3, 0.4) is 0 Å². The Morgan fingerprint density at radius 3 is 2.92 bits per heavy atom. The minimum absolute atomic E-state index is 0.253. The largest absolute Gasteiger partial charge is 0.481 e. The Hall–Kier alpha value is -0.850. The van der Waals surface area contributed by atoms with Gasteiger partial charge in [-0.05, 0) is 34.7 Å². The molecular formula is C8H6FIO3. The van der Waals surface area contributed by atoms with Crippen LogP contribution < -0.4 is 4.74 Å². The summed E-state index contributed by atoms with van der Waals surface area (Å²) in [5.74, 6) is -1.24. The molecule has 0 aliphatic heterocycles. The van der Waals surface area contributed by atoms with Crippen molar-refractivity contribution in [1.82, 2.24) is 0 Å². The fourth-order valence-electron chi connectivity index (χ4n) is 0.735. The summed E-state index contributed by atoms with van der Waals surface area (Å²) in [5.41, 5.74) is 0. The summed E-state index contributed by atoms with van der Waals surface area (Å²) in [6.45, 7) is -0.459. The SMILES string of the molecule is O=C(O)COc1cccc(F)c1I. The molecule has 0 atom stereocenters. The van der Waals surface area contributed by atoms with Crippen molar-refractivity contribution in [3.05, 3.63) is 27.6 Å². The van der Waals surface area contributed by atoms with Gasteiger partial charge < -0.3 is 9.84 Å². The molecule has 1 aromatic carbocycles. The number of carboxylic acid groups (broad SMARTS) is 1. The third-order valence-electron chi connectivity index (χ3n) is 1.27. The van der Waals surface area contributed by atoms with Gasteiger partial charge in [0, 0.05) is 0 Å². The smallest absolute Gasteiger partial charge is 0.341 e. The van der Waals surface area contributed by atoms with Crippen LogP contribution in [0, 0.1) is 9.39 Å². The van der Waals surface area contributed by atoms with Crippen LogP contribution in [0.4, 0.5) is 4.39 Å². The standard InChI is InChI=1S/C8H6FIO3/c9-5-2-1-3-6(8(5)10)13-4-7(11)12/h1-3H,4H2,(H,11,12). The second-order valence-corrected chi connectivity index (χ2v) is 3.31. The van der Waals surface area contributed by atoms with Gasteiger partial charge in [0.1, 0.15) is 11.6 Å². The first-order valence-corrected chi connectivity index (χ1v) is 4.47. The molecule has 0 bridgehead atoms. The van der Waals surface area contributed by atoms with Crippen LogP contribution >= 0.6 is 22.6 Å². The molecule has 0 saturated heterocycles. The molecular weight excluding hydrogens is 290 g/mol. The van der Waals surface area contributed by atoms with E-state index >= 15 is 0 Å². The Morgan fingerprint density at radius 2 is 2.31 bits per heavy atom. The van der Waals surface area contributed by atoms with Gasteiger partial charge in [0.25, 0.3) is 0 Å². The van der Waals surface area contributed by atoms with Gasteiger partial charge in [0.15, 0.2) is 6.61 Å². The van der Waals surface area contributed by atoms with Crippen molar-refractivity contribution in [3.8, 4) is 5.75 Å². The molecule has 0 aliphatic carbocycles. The third-order valence-corrected chi connectivity index (χ3v) is 2.31. The lowest BCUT2D eigenvalue weighted by Gasteiger charge is -2.05. The molecule has 0 fully saturated rings. The fourth-order valence-corrected chi connectivity index (χ4v) is 1.25. The second kappa shape index (κ2) is 4.40. The molecule has 1 rings (SSSR count). The molecule has 0 spiro atoms. The van der Waals surface area contributed by atoms with Gasteiger partial charge in [-0.15, -0.1) is 0 Å². The van der Waals surface area contributed by atoms with E-state index in [4.69, 9.17) is 9.84 Å². The summed E-state index contributed by atoms with van der Waals surface area (Å²) in [4.78, 5) is 10.1. The Morgan fingerprint density at radius 1 is 1.62 bits per heavy atom. The summed E-state index contributed by atoms with van der Waals surface area (Å²) < 4.78 is 18.0. The first kappa shape index (κ1) is 10.2. The molecule has 0 heterocycles. The average molecular weight is 296 g/mol. The lowest BCUT2D eigenvalue weighted by Crippen LogP contribution is -2.10. The molecule has 0 radical (unpaired) electrons. The van der Waals surface area contributed by atoms with Gasteiger partial charge in [-0.3, -0.25) is 0 Å². The van der Waals surface area contributed by atoms with E-state index in [9.17, 15) is 9.18 Å². The number of hydrogen-bond donors (Lipinski definition) is 1. The molecule has 1 N–H and O–H groups in total. The number of carbonyl (C=O) groups is 1. The van der Waals surface area contributed by atoms with Gasteiger partial charge in [-0.1, -0.05) is 6.07 Å². The maximum Gasteiger partial charge on any atom is 0.341 e. The number of aliphatic carboxylic acids is 1.